The Labute approximate surface area is 189 Å². The standard InChI is InChI=1S/C24H30N2O5S/c1-18(20-10-6-5-7-11-20)25-23(27)19(2)31-24(28)21-12-14-22(15-13-21)32(29,30)26-16-8-3-4-9-17-26/h5-7,10-15,18-19H,3-4,8-9,16-17H2,1-2H3,(H,25,27). The average molecular weight is 459 g/mol. The second-order valence-corrected chi connectivity index (χ2v) is 9.97. The molecule has 2 atom stereocenters. The lowest BCUT2D eigenvalue weighted by molar-refractivity contribution is -0.129. The Bertz CT molecular complexity index is 1010. The molecule has 0 bridgehead atoms. The molecular weight excluding hydrogens is 428 g/mol. The van der Waals surface area contributed by atoms with Crippen molar-refractivity contribution in [2.75, 3.05) is 13.1 Å². The van der Waals surface area contributed by atoms with E-state index < -0.39 is 28.0 Å². The number of esters is 1. The van der Waals surface area contributed by atoms with Crippen molar-refractivity contribution >= 4 is 21.9 Å². The molecule has 1 saturated heterocycles. The highest BCUT2D eigenvalue weighted by molar-refractivity contribution is 7.89. The molecule has 0 saturated carbocycles. The highest BCUT2D eigenvalue weighted by atomic mass is 32.2. The summed E-state index contributed by atoms with van der Waals surface area (Å²) in [7, 11) is -3.59. The van der Waals surface area contributed by atoms with Crippen LogP contribution in [0.25, 0.3) is 0 Å². The quantitative estimate of drug-likeness (QED) is 0.639. The molecule has 1 fully saturated rings. The van der Waals surface area contributed by atoms with E-state index in [2.05, 4.69) is 5.32 Å². The molecule has 1 N–H and O–H groups in total. The van der Waals surface area contributed by atoms with Gasteiger partial charge in [-0.2, -0.15) is 4.31 Å². The third-order valence-corrected chi connectivity index (χ3v) is 7.52. The molecule has 0 aliphatic carbocycles. The molecule has 0 radical (unpaired) electrons. The van der Waals surface area contributed by atoms with Crippen molar-refractivity contribution in [1.82, 2.24) is 9.62 Å². The van der Waals surface area contributed by atoms with E-state index in [4.69, 9.17) is 4.74 Å². The molecule has 1 heterocycles. The maximum Gasteiger partial charge on any atom is 0.338 e. The summed E-state index contributed by atoms with van der Waals surface area (Å²) in [5.41, 5.74) is 1.14. The second kappa shape index (κ2) is 10.7. The summed E-state index contributed by atoms with van der Waals surface area (Å²) in [6.45, 7) is 4.38. The summed E-state index contributed by atoms with van der Waals surface area (Å²) in [5.74, 6) is -1.09. The van der Waals surface area contributed by atoms with Gasteiger partial charge >= 0.3 is 5.97 Å². The number of nitrogens with zero attached hydrogens (tertiary/aromatic N) is 1. The Hall–Kier alpha value is -2.71. The van der Waals surface area contributed by atoms with Crippen LogP contribution in [0.5, 0.6) is 0 Å². The van der Waals surface area contributed by atoms with Crippen LogP contribution in [0, 0.1) is 0 Å². The van der Waals surface area contributed by atoms with Gasteiger partial charge in [0.1, 0.15) is 0 Å². The molecule has 0 aromatic heterocycles. The molecule has 32 heavy (non-hydrogen) atoms. The van der Waals surface area contributed by atoms with Crippen LogP contribution in [0.2, 0.25) is 0 Å². The molecule has 3 rings (SSSR count). The monoisotopic (exact) mass is 458 g/mol. The Kier molecular flexibility index (Phi) is 8.04. The maximum atomic E-state index is 12.9. The number of carbonyl (C=O) groups is 2. The van der Waals surface area contributed by atoms with Crippen molar-refractivity contribution in [3.63, 3.8) is 0 Å². The van der Waals surface area contributed by atoms with Crippen LogP contribution in [0.3, 0.4) is 0 Å². The van der Waals surface area contributed by atoms with Gasteiger partial charge in [0.15, 0.2) is 6.10 Å². The highest BCUT2D eigenvalue weighted by Crippen LogP contribution is 2.21. The fourth-order valence-corrected chi connectivity index (χ4v) is 5.15. The number of hydrogen-bond acceptors (Lipinski definition) is 5. The van der Waals surface area contributed by atoms with Crippen molar-refractivity contribution in [2.24, 2.45) is 0 Å². The lowest BCUT2D eigenvalue weighted by atomic mass is 10.1. The first-order valence-corrected chi connectivity index (χ1v) is 12.4. The van der Waals surface area contributed by atoms with Gasteiger partial charge in [0.2, 0.25) is 10.0 Å². The lowest BCUT2D eigenvalue weighted by Crippen LogP contribution is -2.37. The molecule has 1 aliphatic rings. The first-order valence-electron chi connectivity index (χ1n) is 11.0. The van der Waals surface area contributed by atoms with Gasteiger partial charge in [0.05, 0.1) is 16.5 Å². The van der Waals surface area contributed by atoms with Gasteiger partial charge in [-0.1, -0.05) is 43.2 Å². The largest absolute Gasteiger partial charge is 0.449 e. The van der Waals surface area contributed by atoms with Gasteiger partial charge in [-0.15, -0.1) is 0 Å². The fourth-order valence-electron chi connectivity index (χ4n) is 3.63. The van der Waals surface area contributed by atoms with Gasteiger partial charge < -0.3 is 10.1 Å². The van der Waals surface area contributed by atoms with Crippen LogP contribution in [0.4, 0.5) is 0 Å². The van der Waals surface area contributed by atoms with Gasteiger partial charge in [-0.3, -0.25) is 4.79 Å². The molecule has 172 valence electrons. The predicted octanol–water partition coefficient (Wildman–Crippen LogP) is 3.67. The van der Waals surface area contributed by atoms with Crippen LogP contribution < -0.4 is 5.32 Å². The zero-order valence-electron chi connectivity index (χ0n) is 18.5. The van der Waals surface area contributed by atoms with E-state index in [1.807, 2.05) is 37.3 Å². The van der Waals surface area contributed by atoms with Crippen LogP contribution in [-0.4, -0.2) is 43.8 Å². The minimum atomic E-state index is -3.59. The van der Waals surface area contributed by atoms with Crippen LogP contribution in [-0.2, 0) is 19.6 Å². The number of rotatable bonds is 7. The van der Waals surface area contributed by atoms with Gasteiger partial charge in [0, 0.05) is 13.1 Å². The first kappa shape index (κ1) is 23.9. The van der Waals surface area contributed by atoms with E-state index in [-0.39, 0.29) is 16.5 Å². The number of hydrogen-bond donors (Lipinski definition) is 1. The van der Waals surface area contributed by atoms with Crippen molar-refractivity contribution in [3.05, 3.63) is 65.7 Å². The minimum Gasteiger partial charge on any atom is -0.449 e. The number of sulfonamides is 1. The Morgan fingerprint density at radius 2 is 1.50 bits per heavy atom. The van der Waals surface area contributed by atoms with Gasteiger partial charge in [-0.05, 0) is 56.5 Å². The second-order valence-electron chi connectivity index (χ2n) is 8.03. The van der Waals surface area contributed by atoms with E-state index in [1.165, 1.54) is 35.5 Å². The number of nitrogens with one attached hydrogen (secondary N) is 1. The van der Waals surface area contributed by atoms with E-state index in [9.17, 15) is 18.0 Å². The molecule has 8 heteroatoms. The Morgan fingerprint density at radius 1 is 0.906 bits per heavy atom. The zero-order chi connectivity index (χ0) is 23.1. The van der Waals surface area contributed by atoms with Crippen LogP contribution in [0.15, 0.2) is 59.5 Å². The minimum absolute atomic E-state index is 0.151. The van der Waals surface area contributed by atoms with Crippen LogP contribution >= 0.6 is 0 Å². The van der Waals surface area contributed by atoms with E-state index in [0.29, 0.717) is 13.1 Å². The maximum absolute atomic E-state index is 12.9. The average Bonchev–Trinajstić information content (AvgIpc) is 3.10. The normalized spacial score (nSPS) is 17.1. The molecular formula is C24H30N2O5S. The molecule has 2 unspecified atom stereocenters. The van der Waals surface area contributed by atoms with Crippen LogP contribution in [0.1, 0.15) is 61.5 Å². The topological polar surface area (TPSA) is 92.8 Å². The SMILES string of the molecule is CC(OC(=O)c1ccc(S(=O)(=O)N2CCCCCC2)cc1)C(=O)NC(C)c1ccccc1. The number of amides is 1. The smallest absolute Gasteiger partial charge is 0.338 e. The van der Waals surface area contributed by atoms with Crippen molar-refractivity contribution in [2.45, 2.75) is 56.6 Å². The summed E-state index contributed by atoms with van der Waals surface area (Å²) < 4.78 is 32.5. The van der Waals surface area contributed by atoms with E-state index in [1.54, 1.807) is 0 Å². The van der Waals surface area contributed by atoms with E-state index >= 15 is 0 Å². The summed E-state index contributed by atoms with van der Waals surface area (Å²) >= 11 is 0. The number of carbonyl (C=O) groups excluding carboxylic acids is 2. The molecule has 2 aromatic carbocycles. The Balaban J connectivity index is 1.59. The lowest BCUT2D eigenvalue weighted by Gasteiger charge is -2.20. The third kappa shape index (κ3) is 5.95. The molecule has 1 amide bonds. The van der Waals surface area contributed by atoms with Crippen molar-refractivity contribution < 1.29 is 22.7 Å². The first-order chi connectivity index (χ1) is 15.3. The summed E-state index contributed by atoms with van der Waals surface area (Å²) in [6.07, 6.45) is 2.78. The van der Waals surface area contributed by atoms with Crippen molar-refractivity contribution in [1.29, 1.82) is 0 Å². The summed E-state index contributed by atoms with van der Waals surface area (Å²) in [5, 5.41) is 2.82. The highest BCUT2D eigenvalue weighted by Gasteiger charge is 2.26. The molecule has 1 aliphatic heterocycles. The van der Waals surface area contributed by atoms with Crippen molar-refractivity contribution in [3.8, 4) is 0 Å². The third-order valence-electron chi connectivity index (χ3n) is 5.60. The van der Waals surface area contributed by atoms with Gasteiger partial charge in [0.25, 0.3) is 5.91 Å². The molecule has 2 aromatic rings. The summed E-state index contributed by atoms with van der Waals surface area (Å²) in [6, 6.07) is 14.9. The summed E-state index contributed by atoms with van der Waals surface area (Å²) in [4.78, 5) is 25.0. The zero-order valence-corrected chi connectivity index (χ0v) is 19.3. The number of ether oxygens (including phenoxy) is 1. The molecule has 7 nitrogen and oxygen atoms in total. The fraction of sp³-hybridized carbons (Fsp3) is 0.417. The Morgan fingerprint density at radius 3 is 2.09 bits per heavy atom. The number of benzene rings is 2. The van der Waals surface area contributed by atoms with E-state index in [0.717, 1.165) is 31.2 Å². The van der Waals surface area contributed by atoms with Gasteiger partial charge in [-0.25, -0.2) is 13.2 Å². The predicted molar refractivity (Wildman–Crippen MR) is 122 cm³/mol. The molecule has 0 spiro atoms.